The summed E-state index contributed by atoms with van der Waals surface area (Å²) in [4.78, 5) is 0. The molecule has 3 nitrogen and oxygen atoms in total. The first-order valence-corrected chi connectivity index (χ1v) is 6.47. The van der Waals surface area contributed by atoms with Gasteiger partial charge in [-0.15, -0.1) is 0 Å². The van der Waals surface area contributed by atoms with Gasteiger partial charge in [-0.05, 0) is 38.3 Å². The molecular weight excluding hydrogens is 212 g/mol. The van der Waals surface area contributed by atoms with Gasteiger partial charge < -0.3 is 9.73 Å². The molecule has 3 heteroatoms. The first-order chi connectivity index (χ1) is 8.29. The molecule has 3 unspecified atom stereocenters. The van der Waals surface area contributed by atoms with Crippen molar-refractivity contribution in [1.29, 1.82) is 5.26 Å². The van der Waals surface area contributed by atoms with Crippen molar-refractivity contribution in [3.63, 3.8) is 0 Å². The van der Waals surface area contributed by atoms with E-state index in [0.717, 1.165) is 31.4 Å². The molecule has 92 valence electrons. The second-order valence-corrected chi connectivity index (χ2v) is 4.96. The van der Waals surface area contributed by atoms with Crippen LogP contribution in [-0.2, 0) is 6.42 Å². The molecule has 17 heavy (non-hydrogen) atoms. The average Bonchev–Trinajstić information content (AvgIpc) is 2.97. The second-order valence-electron chi connectivity index (χ2n) is 4.96. The Labute approximate surface area is 103 Å². The molecule has 0 amide bonds. The molecule has 1 heterocycles. The molecule has 1 aliphatic rings. The molecule has 1 aromatic rings. The highest BCUT2D eigenvalue weighted by molar-refractivity contribution is 5.00. The van der Waals surface area contributed by atoms with E-state index in [1.165, 1.54) is 6.42 Å². The van der Waals surface area contributed by atoms with Crippen molar-refractivity contribution in [3.05, 3.63) is 24.2 Å². The minimum Gasteiger partial charge on any atom is -0.469 e. The number of nitrogens with zero attached hydrogens (tertiary/aromatic N) is 1. The molecule has 0 saturated heterocycles. The monoisotopic (exact) mass is 232 g/mol. The summed E-state index contributed by atoms with van der Waals surface area (Å²) in [5.41, 5.74) is 0. The number of hydrogen-bond donors (Lipinski definition) is 1. The summed E-state index contributed by atoms with van der Waals surface area (Å²) in [6.07, 6.45) is 7.12. The largest absolute Gasteiger partial charge is 0.469 e. The van der Waals surface area contributed by atoms with Gasteiger partial charge in [-0.2, -0.15) is 5.26 Å². The highest BCUT2D eigenvalue weighted by Gasteiger charge is 2.27. The van der Waals surface area contributed by atoms with Crippen LogP contribution in [-0.4, -0.2) is 12.1 Å². The minimum atomic E-state index is 0.209. The smallest absolute Gasteiger partial charge is 0.103 e. The molecule has 3 atom stereocenters. The SMILES string of the molecule is CC(CCc1ccco1)NC1CCCC1C#N. The maximum Gasteiger partial charge on any atom is 0.103 e. The number of furan rings is 1. The molecule has 1 saturated carbocycles. The van der Waals surface area contributed by atoms with Crippen LogP contribution in [0.25, 0.3) is 0 Å². The Morgan fingerprint density at radius 2 is 2.47 bits per heavy atom. The Hall–Kier alpha value is -1.27. The van der Waals surface area contributed by atoms with E-state index in [4.69, 9.17) is 9.68 Å². The summed E-state index contributed by atoms with van der Waals surface area (Å²) in [6, 6.07) is 7.19. The summed E-state index contributed by atoms with van der Waals surface area (Å²) < 4.78 is 5.32. The summed E-state index contributed by atoms with van der Waals surface area (Å²) in [7, 11) is 0. The predicted molar refractivity (Wildman–Crippen MR) is 66.4 cm³/mol. The van der Waals surface area contributed by atoms with Crippen molar-refractivity contribution >= 4 is 0 Å². The molecule has 1 aliphatic carbocycles. The van der Waals surface area contributed by atoms with Crippen LogP contribution in [0.15, 0.2) is 22.8 Å². The van der Waals surface area contributed by atoms with Crippen LogP contribution in [0.1, 0.15) is 38.4 Å². The van der Waals surface area contributed by atoms with Crippen molar-refractivity contribution < 1.29 is 4.42 Å². The summed E-state index contributed by atoms with van der Waals surface area (Å²) in [6.45, 7) is 2.19. The quantitative estimate of drug-likeness (QED) is 0.849. The molecule has 2 rings (SSSR count). The van der Waals surface area contributed by atoms with Gasteiger partial charge in [0, 0.05) is 18.5 Å². The highest BCUT2D eigenvalue weighted by Crippen LogP contribution is 2.25. The summed E-state index contributed by atoms with van der Waals surface area (Å²) in [5.74, 6) is 1.25. The fraction of sp³-hybridized carbons (Fsp3) is 0.643. The molecule has 1 N–H and O–H groups in total. The molecule has 0 spiro atoms. The van der Waals surface area contributed by atoms with E-state index in [9.17, 15) is 0 Å². The molecule has 1 aromatic heterocycles. The zero-order valence-electron chi connectivity index (χ0n) is 10.4. The van der Waals surface area contributed by atoms with Crippen LogP contribution >= 0.6 is 0 Å². The summed E-state index contributed by atoms with van der Waals surface area (Å²) >= 11 is 0. The molecule has 1 fully saturated rings. The number of hydrogen-bond acceptors (Lipinski definition) is 3. The maximum atomic E-state index is 9.02. The average molecular weight is 232 g/mol. The van der Waals surface area contributed by atoms with Crippen molar-refractivity contribution in [2.75, 3.05) is 0 Å². The van der Waals surface area contributed by atoms with E-state index in [1.807, 2.05) is 12.1 Å². The topological polar surface area (TPSA) is 49.0 Å². The minimum absolute atomic E-state index is 0.209. The van der Waals surface area contributed by atoms with Crippen molar-refractivity contribution in [1.82, 2.24) is 5.32 Å². The second kappa shape index (κ2) is 5.88. The molecular formula is C14H20N2O. The van der Waals surface area contributed by atoms with Crippen LogP contribution in [0, 0.1) is 17.2 Å². The van der Waals surface area contributed by atoms with Gasteiger partial charge in [-0.3, -0.25) is 0 Å². The van der Waals surface area contributed by atoms with Crippen molar-refractivity contribution in [3.8, 4) is 6.07 Å². The standard InChI is InChI=1S/C14H20N2O/c1-11(7-8-13-5-3-9-17-13)16-14-6-2-4-12(14)10-15/h3,5,9,11-12,14,16H,2,4,6-8H2,1H3. The molecule has 0 bridgehead atoms. The third-order valence-electron chi connectivity index (χ3n) is 3.58. The van der Waals surface area contributed by atoms with E-state index in [-0.39, 0.29) is 5.92 Å². The lowest BCUT2D eigenvalue weighted by Crippen LogP contribution is -2.38. The molecule has 0 aromatic carbocycles. The van der Waals surface area contributed by atoms with Crippen LogP contribution in [0.4, 0.5) is 0 Å². The zero-order valence-corrected chi connectivity index (χ0v) is 10.4. The fourth-order valence-corrected chi connectivity index (χ4v) is 2.58. The lowest BCUT2D eigenvalue weighted by molar-refractivity contribution is 0.386. The lowest BCUT2D eigenvalue weighted by Gasteiger charge is -2.21. The number of nitriles is 1. The van der Waals surface area contributed by atoms with E-state index in [1.54, 1.807) is 6.26 Å². The third kappa shape index (κ3) is 3.34. The van der Waals surface area contributed by atoms with Gasteiger partial charge in [-0.1, -0.05) is 6.42 Å². The highest BCUT2D eigenvalue weighted by atomic mass is 16.3. The first kappa shape index (κ1) is 12.2. The van der Waals surface area contributed by atoms with Crippen molar-refractivity contribution in [2.24, 2.45) is 5.92 Å². The lowest BCUT2D eigenvalue weighted by atomic mass is 10.0. The van der Waals surface area contributed by atoms with E-state index >= 15 is 0 Å². The Kier molecular flexibility index (Phi) is 4.22. The van der Waals surface area contributed by atoms with Gasteiger partial charge in [0.15, 0.2) is 0 Å². The first-order valence-electron chi connectivity index (χ1n) is 6.47. The fourth-order valence-electron chi connectivity index (χ4n) is 2.58. The van der Waals surface area contributed by atoms with Crippen molar-refractivity contribution in [2.45, 2.75) is 51.1 Å². The van der Waals surface area contributed by atoms with E-state index < -0.39 is 0 Å². The third-order valence-corrected chi connectivity index (χ3v) is 3.58. The Balaban J connectivity index is 1.73. The normalized spacial score (nSPS) is 25.6. The number of rotatable bonds is 5. The Morgan fingerprint density at radius 1 is 1.59 bits per heavy atom. The zero-order chi connectivity index (χ0) is 12.1. The van der Waals surface area contributed by atoms with E-state index in [2.05, 4.69) is 18.3 Å². The summed E-state index contributed by atoms with van der Waals surface area (Å²) in [5, 5.41) is 12.6. The van der Waals surface area contributed by atoms with Crippen LogP contribution < -0.4 is 5.32 Å². The van der Waals surface area contributed by atoms with Crippen LogP contribution in [0.3, 0.4) is 0 Å². The van der Waals surface area contributed by atoms with Gasteiger partial charge in [0.05, 0.1) is 18.3 Å². The molecule has 0 radical (unpaired) electrons. The number of aryl methyl sites for hydroxylation is 1. The van der Waals surface area contributed by atoms with Gasteiger partial charge in [0.1, 0.15) is 5.76 Å². The van der Waals surface area contributed by atoms with Crippen LogP contribution in [0.5, 0.6) is 0 Å². The number of nitrogens with one attached hydrogen (secondary N) is 1. The van der Waals surface area contributed by atoms with Gasteiger partial charge >= 0.3 is 0 Å². The van der Waals surface area contributed by atoms with Gasteiger partial charge in [0.2, 0.25) is 0 Å². The Bertz CT molecular complexity index is 366. The Morgan fingerprint density at radius 3 is 3.18 bits per heavy atom. The van der Waals surface area contributed by atoms with Crippen LogP contribution in [0.2, 0.25) is 0 Å². The van der Waals surface area contributed by atoms with Gasteiger partial charge in [-0.25, -0.2) is 0 Å². The molecule has 0 aliphatic heterocycles. The van der Waals surface area contributed by atoms with Gasteiger partial charge in [0.25, 0.3) is 0 Å². The maximum absolute atomic E-state index is 9.02. The predicted octanol–water partition coefficient (Wildman–Crippen LogP) is 2.88. The van der Waals surface area contributed by atoms with E-state index in [0.29, 0.717) is 12.1 Å².